The number of allylic oxidation sites excluding steroid dienone is 4. The molecule has 8 atom stereocenters. The van der Waals surface area contributed by atoms with Crippen LogP contribution in [0.15, 0.2) is 24.3 Å². The Bertz CT molecular complexity index is 1470. The Kier molecular flexibility index (Phi) is 33.9. The minimum absolute atomic E-state index is 0.0121. The van der Waals surface area contributed by atoms with Crippen LogP contribution in [0.5, 0.6) is 0 Å². The Labute approximate surface area is 386 Å². The summed E-state index contributed by atoms with van der Waals surface area (Å²) >= 11 is 0. The highest BCUT2D eigenvalue weighted by Gasteiger charge is 2.56. The molecular weight excluding hydrogens is 913 g/mol. The minimum Gasteiger partial charge on any atom is -0.462 e. The number of aliphatic hydroxyl groups is 3. The van der Waals surface area contributed by atoms with Crippen LogP contribution in [-0.2, 0) is 50.9 Å². The van der Waals surface area contributed by atoms with Crippen molar-refractivity contribution in [1.82, 2.24) is 0 Å². The van der Waals surface area contributed by atoms with Crippen molar-refractivity contribution in [3.05, 3.63) is 24.3 Å². The van der Waals surface area contributed by atoms with Gasteiger partial charge in [0.15, 0.2) is 6.10 Å². The molecule has 0 heterocycles. The number of phosphoric ester groups is 3. The predicted octanol–water partition coefficient (Wildman–Crippen LogP) is 8.29. The lowest BCUT2D eigenvalue weighted by Gasteiger charge is -2.44. The summed E-state index contributed by atoms with van der Waals surface area (Å²) in [6.07, 6.45) is 17.7. The second-order valence-electron chi connectivity index (χ2n) is 16.7. The normalized spacial score (nSPS) is 22.1. The van der Waals surface area contributed by atoms with Gasteiger partial charge in [0.25, 0.3) is 0 Å². The summed E-state index contributed by atoms with van der Waals surface area (Å²) in [4.78, 5) is 73.1. The first-order valence-electron chi connectivity index (χ1n) is 23.6. The molecule has 0 aliphatic heterocycles. The lowest BCUT2D eigenvalue weighted by molar-refractivity contribution is -0.213. The monoisotopic (exact) mass is 994 g/mol. The van der Waals surface area contributed by atoms with Crippen LogP contribution in [0.25, 0.3) is 0 Å². The number of rotatable bonds is 40. The Hall–Kier alpha value is -1.37. The van der Waals surface area contributed by atoms with Crippen LogP contribution in [0.4, 0.5) is 0 Å². The van der Waals surface area contributed by atoms with Crippen LogP contribution in [0, 0.1) is 0 Å². The van der Waals surface area contributed by atoms with E-state index in [9.17, 15) is 63.1 Å². The van der Waals surface area contributed by atoms with E-state index in [1.165, 1.54) is 64.2 Å². The summed E-state index contributed by atoms with van der Waals surface area (Å²) in [7, 11) is -16.6. The molecule has 8 N–H and O–H groups in total. The van der Waals surface area contributed by atoms with Crippen molar-refractivity contribution in [1.29, 1.82) is 0 Å². The smallest absolute Gasteiger partial charge is 0.462 e. The van der Waals surface area contributed by atoms with E-state index in [-0.39, 0.29) is 12.8 Å². The van der Waals surface area contributed by atoms with Crippen LogP contribution < -0.4 is 0 Å². The van der Waals surface area contributed by atoms with Gasteiger partial charge in [-0.3, -0.25) is 27.7 Å². The Morgan fingerprint density at radius 3 is 1.29 bits per heavy atom. The third-order valence-electron chi connectivity index (χ3n) is 10.7. The molecule has 65 heavy (non-hydrogen) atoms. The quantitative estimate of drug-likeness (QED) is 0.0124. The number of carbonyl (C=O) groups excluding carboxylic acids is 2. The third-order valence-corrected chi connectivity index (χ3v) is 12.8. The lowest BCUT2D eigenvalue weighted by Crippen LogP contribution is -2.65. The van der Waals surface area contributed by atoms with Gasteiger partial charge in [-0.15, -0.1) is 0 Å². The average Bonchev–Trinajstić information content (AvgIpc) is 3.23. The van der Waals surface area contributed by atoms with Crippen LogP contribution in [-0.4, -0.2) is 108 Å². The van der Waals surface area contributed by atoms with Crippen molar-refractivity contribution in [3.63, 3.8) is 0 Å². The number of hydrogen-bond acceptors (Lipinski definition) is 14. The SMILES string of the molecule is CCCCCC/C=C\CCCCCCCC(=O)OC[C@H](COP(=O)(O)O[C@H]1C(O)C(O)C(OP(=O)(O)O)[C@@H](OP(=O)(O)O)C1O)OC(=O)CCCCCCC/C=C\CCCCCCCC. The molecule has 0 aromatic heterocycles. The summed E-state index contributed by atoms with van der Waals surface area (Å²) in [6.45, 7) is 2.90. The minimum atomic E-state index is -5.60. The molecular formula is C43H81O19P3. The van der Waals surface area contributed by atoms with Crippen molar-refractivity contribution >= 4 is 35.4 Å². The maximum Gasteiger partial charge on any atom is 0.472 e. The van der Waals surface area contributed by atoms with Gasteiger partial charge in [-0.25, -0.2) is 13.7 Å². The number of unbranched alkanes of at least 4 members (excludes halogenated alkanes) is 20. The first-order chi connectivity index (χ1) is 30.8. The topological polar surface area (TPSA) is 303 Å². The molecule has 0 spiro atoms. The second-order valence-corrected chi connectivity index (χ2v) is 20.5. The van der Waals surface area contributed by atoms with Crippen molar-refractivity contribution in [2.75, 3.05) is 13.2 Å². The highest BCUT2D eigenvalue weighted by Crippen LogP contribution is 2.51. The molecule has 0 aromatic rings. The van der Waals surface area contributed by atoms with Gasteiger partial charge in [0.1, 0.15) is 43.2 Å². The summed E-state index contributed by atoms with van der Waals surface area (Å²) in [5.41, 5.74) is 0. The second kappa shape index (κ2) is 35.7. The Morgan fingerprint density at radius 1 is 0.477 bits per heavy atom. The molecule has 0 amide bonds. The van der Waals surface area contributed by atoms with E-state index in [0.29, 0.717) is 12.8 Å². The summed E-state index contributed by atoms with van der Waals surface area (Å²) in [5, 5.41) is 31.8. The van der Waals surface area contributed by atoms with Gasteiger partial charge in [0.05, 0.1) is 6.61 Å². The molecule has 1 fully saturated rings. The largest absolute Gasteiger partial charge is 0.472 e. The van der Waals surface area contributed by atoms with Crippen molar-refractivity contribution in [3.8, 4) is 0 Å². The molecule has 1 aliphatic rings. The molecule has 0 saturated heterocycles. The van der Waals surface area contributed by atoms with E-state index in [1.807, 2.05) is 0 Å². The van der Waals surface area contributed by atoms with Gasteiger partial charge in [-0.2, -0.15) is 0 Å². The number of aliphatic hydroxyl groups excluding tert-OH is 3. The van der Waals surface area contributed by atoms with E-state index in [0.717, 1.165) is 77.0 Å². The molecule has 1 saturated carbocycles. The zero-order chi connectivity index (χ0) is 48.6. The molecule has 0 bridgehead atoms. The van der Waals surface area contributed by atoms with Gasteiger partial charge in [-0.05, 0) is 64.2 Å². The van der Waals surface area contributed by atoms with Gasteiger partial charge < -0.3 is 49.3 Å². The zero-order valence-corrected chi connectivity index (χ0v) is 41.2. The van der Waals surface area contributed by atoms with E-state index in [2.05, 4.69) is 47.2 Å². The standard InChI is InChI=1S/C43H81O19P3/c1-3-5-7-9-11-13-15-17-18-20-22-24-26-28-30-32-37(45)59-35(33-57-36(44)31-29-27-25-23-21-19-16-14-12-10-8-6-4-2)34-58-65(55,56)62-41-38(46)39(47)42(60-63(49,50)51)43(40(41)48)61-64(52,53)54/h14,16-18,35,38-43,46-48H,3-13,15,19-34H2,1-2H3,(H,55,56)(H2,49,50,51)(H2,52,53,54)/b16-14-,18-17-/t35-,38?,39?,40?,41+,42?,43+/m1/s1. The summed E-state index contributed by atoms with van der Waals surface area (Å²) in [6, 6.07) is 0. The fraction of sp³-hybridized carbons (Fsp3) is 0.860. The molecule has 22 heteroatoms. The van der Waals surface area contributed by atoms with Gasteiger partial charge >= 0.3 is 35.4 Å². The first-order valence-corrected chi connectivity index (χ1v) is 28.2. The van der Waals surface area contributed by atoms with Crippen LogP contribution in [0.3, 0.4) is 0 Å². The van der Waals surface area contributed by atoms with Crippen LogP contribution in [0.2, 0.25) is 0 Å². The Morgan fingerprint density at radius 2 is 0.846 bits per heavy atom. The number of phosphoric acid groups is 3. The van der Waals surface area contributed by atoms with E-state index < -0.39 is 91.3 Å². The zero-order valence-electron chi connectivity index (χ0n) is 38.6. The van der Waals surface area contributed by atoms with Crippen LogP contribution in [0.1, 0.15) is 181 Å². The highest BCUT2D eigenvalue weighted by molar-refractivity contribution is 7.47. The van der Waals surface area contributed by atoms with E-state index in [1.54, 1.807) is 0 Å². The van der Waals surface area contributed by atoms with Crippen molar-refractivity contribution in [2.45, 2.75) is 224 Å². The van der Waals surface area contributed by atoms with Gasteiger partial charge in [0.2, 0.25) is 0 Å². The molecule has 1 rings (SSSR count). The first kappa shape index (κ1) is 61.6. The third kappa shape index (κ3) is 32.1. The number of ether oxygens (including phenoxy) is 2. The number of hydrogen-bond donors (Lipinski definition) is 8. The molecule has 5 unspecified atom stereocenters. The average molecular weight is 995 g/mol. The highest BCUT2D eigenvalue weighted by atomic mass is 31.2. The van der Waals surface area contributed by atoms with Crippen molar-refractivity contribution in [2.24, 2.45) is 0 Å². The molecule has 382 valence electrons. The molecule has 0 aromatic carbocycles. The molecule has 1 aliphatic carbocycles. The number of carbonyl (C=O) groups is 2. The maximum absolute atomic E-state index is 13.1. The summed E-state index contributed by atoms with van der Waals surface area (Å²) < 4.78 is 65.4. The maximum atomic E-state index is 13.1. The van der Waals surface area contributed by atoms with Crippen molar-refractivity contribution < 1.29 is 90.6 Å². The van der Waals surface area contributed by atoms with Gasteiger partial charge in [0, 0.05) is 12.8 Å². The van der Waals surface area contributed by atoms with E-state index >= 15 is 0 Å². The fourth-order valence-corrected chi connectivity index (χ4v) is 9.26. The number of esters is 2. The fourth-order valence-electron chi connectivity index (χ4n) is 7.16. The molecule has 0 radical (unpaired) electrons. The van der Waals surface area contributed by atoms with E-state index in [4.69, 9.17) is 18.5 Å². The lowest BCUT2D eigenvalue weighted by atomic mass is 9.85. The molecule has 19 nitrogen and oxygen atoms in total. The Balaban J connectivity index is 2.75. The van der Waals surface area contributed by atoms with Crippen LogP contribution >= 0.6 is 23.5 Å². The summed E-state index contributed by atoms with van der Waals surface area (Å²) in [5.74, 6) is -1.31. The predicted molar refractivity (Wildman–Crippen MR) is 243 cm³/mol. The van der Waals surface area contributed by atoms with Gasteiger partial charge in [-0.1, -0.05) is 128 Å².